The van der Waals surface area contributed by atoms with E-state index in [2.05, 4.69) is 5.32 Å². The van der Waals surface area contributed by atoms with Crippen LogP contribution in [-0.4, -0.2) is 36.1 Å². The summed E-state index contributed by atoms with van der Waals surface area (Å²) in [5.74, 6) is -1.85. The maximum atomic E-state index is 14.2. The van der Waals surface area contributed by atoms with E-state index in [0.717, 1.165) is 28.8 Å². The van der Waals surface area contributed by atoms with Crippen molar-refractivity contribution in [2.75, 3.05) is 18.5 Å². The van der Waals surface area contributed by atoms with E-state index in [-0.39, 0.29) is 23.7 Å². The Morgan fingerprint density at radius 1 is 1.10 bits per heavy atom. The van der Waals surface area contributed by atoms with Crippen LogP contribution in [0.3, 0.4) is 0 Å². The first-order chi connectivity index (χ1) is 14.0. The van der Waals surface area contributed by atoms with Crippen molar-refractivity contribution in [1.82, 2.24) is 4.90 Å². The summed E-state index contributed by atoms with van der Waals surface area (Å²) in [6.45, 7) is 3.15. The minimum atomic E-state index is -0.929. The molecule has 2 bridgehead atoms. The standard InChI is InChI=1S/C23H20F2N2O2/c1-13-4-2-5-16-19(26-20-7-3-6-18(24)22(20)25)9-8-17(21(13)16)23(28)27-11-15-10-14(27)12-29-15/h2-9,14-15,26H,10-12H2,1H3. The molecule has 1 amide bonds. The SMILES string of the molecule is Cc1cccc2c(Nc3cccc(F)c3F)ccc(C(=O)N3CC4CC3CO4)c12. The fourth-order valence-electron chi connectivity index (χ4n) is 4.43. The summed E-state index contributed by atoms with van der Waals surface area (Å²) < 4.78 is 33.4. The van der Waals surface area contributed by atoms with Crippen LogP contribution in [0.4, 0.5) is 20.2 Å². The van der Waals surface area contributed by atoms with E-state index in [1.807, 2.05) is 30.0 Å². The Labute approximate surface area is 167 Å². The zero-order valence-corrected chi connectivity index (χ0v) is 15.9. The van der Waals surface area contributed by atoms with E-state index in [4.69, 9.17) is 4.74 Å². The number of fused-ring (bicyclic) bond motifs is 3. The molecule has 3 aromatic rings. The summed E-state index contributed by atoms with van der Waals surface area (Å²) in [5, 5.41) is 4.60. The van der Waals surface area contributed by atoms with Crippen molar-refractivity contribution in [3.63, 3.8) is 0 Å². The molecule has 2 heterocycles. The van der Waals surface area contributed by atoms with Crippen LogP contribution < -0.4 is 5.32 Å². The highest BCUT2D eigenvalue weighted by atomic mass is 19.2. The molecule has 2 unspecified atom stereocenters. The van der Waals surface area contributed by atoms with Crippen molar-refractivity contribution in [3.8, 4) is 0 Å². The van der Waals surface area contributed by atoms with Crippen molar-refractivity contribution >= 4 is 28.1 Å². The number of halogens is 2. The molecule has 2 aliphatic heterocycles. The van der Waals surface area contributed by atoms with E-state index < -0.39 is 11.6 Å². The first-order valence-corrected chi connectivity index (χ1v) is 9.69. The number of nitrogens with one attached hydrogen (secondary N) is 1. The van der Waals surface area contributed by atoms with Gasteiger partial charge in [0.1, 0.15) is 0 Å². The molecule has 4 nitrogen and oxygen atoms in total. The molecule has 2 aliphatic rings. The fourth-order valence-corrected chi connectivity index (χ4v) is 4.43. The van der Waals surface area contributed by atoms with E-state index in [9.17, 15) is 13.6 Å². The number of amides is 1. The third-order valence-corrected chi connectivity index (χ3v) is 5.86. The molecule has 0 aliphatic carbocycles. The predicted molar refractivity (Wildman–Crippen MR) is 108 cm³/mol. The van der Waals surface area contributed by atoms with Gasteiger partial charge < -0.3 is 15.0 Å². The second kappa shape index (κ2) is 6.81. The van der Waals surface area contributed by atoms with Crippen LogP contribution in [0.5, 0.6) is 0 Å². The lowest BCUT2D eigenvalue weighted by Gasteiger charge is -2.28. The highest BCUT2D eigenvalue weighted by Gasteiger charge is 2.42. The lowest BCUT2D eigenvalue weighted by atomic mass is 9.97. The number of aryl methyl sites for hydroxylation is 1. The smallest absolute Gasteiger partial charge is 0.254 e. The van der Waals surface area contributed by atoms with Crippen LogP contribution in [0, 0.1) is 18.6 Å². The first-order valence-electron chi connectivity index (χ1n) is 9.69. The summed E-state index contributed by atoms with van der Waals surface area (Å²) in [5.41, 5.74) is 2.25. The molecule has 0 spiro atoms. The summed E-state index contributed by atoms with van der Waals surface area (Å²) in [6.07, 6.45) is 1.02. The van der Waals surface area contributed by atoms with Gasteiger partial charge in [0.2, 0.25) is 0 Å². The van der Waals surface area contributed by atoms with Crippen LogP contribution in [0.15, 0.2) is 48.5 Å². The van der Waals surface area contributed by atoms with Crippen molar-refractivity contribution in [2.45, 2.75) is 25.5 Å². The lowest BCUT2D eigenvalue weighted by Crippen LogP contribution is -2.41. The van der Waals surface area contributed by atoms with Crippen LogP contribution >= 0.6 is 0 Å². The lowest BCUT2D eigenvalue weighted by molar-refractivity contribution is 0.0260. The Morgan fingerprint density at radius 3 is 2.69 bits per heavy atom. The van der Waals surface area contributed by atoms with Crippen molar-refractivity contribution in [1.29, 1.82) is 0 Å². The van der Waals surface area contributed by atoms with Gasteiger partial charge in [-0.15, -0.1) is 0 Å². The predicted octanol–water partition coefficient (Wildman–Crippen LogP) is 4.78. The van der Waals surface area contributed by atoms with Crippen molar-refractivity contribution in [2.24, 2.45) is 0 Å². The minimum Gasteiger partial charge on any atom is -0.374 e. The number of carbonyl (C=O) groups excluding carboxylic acids is 1. The van der Waals surface area contributed by atoms with Gasteiger partial charge in [-0.1, -0.05) is 24.3 Å². The first kappa shape index (κ1) is 18.1. The van der Waals surface area contributed by atoms with Gasteiger partial charge in [0.05, 0.1) is 24.4 Å². The molecule has 148 valence electrons. The van der Waals surface area contributed by atoms with Crippen molar-refractivity contribution < 1.29 is 18.3 Å². The molecular weight excluding hydrogens is 374 g/mol. The van der Waals surface area contributed by atoms with Crippen LogP contribution in [0.25, 0.3) is 10.8 Å². The Hall–Kier alpha value is -2.99. The number of hydrogen-bond donors (Lipinski definition) is 1. The van der Waals surface area contributed by atoms with Crippen molar-refractivity contribution in [3.05, 3.63) is 71.3 Å². The van der Waals surface area contributed by atoms with Gasteiger partial charge in [-0.05, 0) is 48.6 Å². The number of ether oxygens (including phenoxy) is 1. The summed E-state index contributed by atoms with van der Waals surface area (Å²) in [6, 6.07) is 13.4. The van der Waals surface area contributed by atoms with Gasteiger partial charge >= 0.3 is 0 Å². The number of rotatable bonds is 3. The maximum absolute atomic E-state index is 14.2. The van der Waals surface area contributed by atoms with Gasteiger partial charge in [-0.25, -0.2) is 8.78 Å². The summed E-state index contributed by atoms with van der Waals surface area (Å²) in [7, 11) is 0. The molecule has 1 N–H and O–H groups in total. The summed E-state index contributed by atoms with van der Waals surface area (Å²) >= 11 is 0. The molecule has 29 heavy (non-hydrogen) atoms. The quantitative estimate of drug-likeness (QED) is 0.695. The van der Waals surface area contributed by atoms with E-state index in [0.29, 0.717) is 24.4 Å². The molecule has 0 radical (unpaired) electrons. The average molecular weight is 394 g/mol. The molecule has 2 saturated heterocycles. The number of carbonyl (C=O) groups is 1. The van der Waals surface area contributed by atoms with Gasteiger partial charge in [-0.2, -0.15) is 0 Å². The number of benzene rings is 3. The third kappa shape index (κ3) is 2.95. The zero-order valence-electron chi connectivity index (χ0n) is 15.9. The van der Waals surface area contributed by atoms with E-state index in [1.165, 1.54) is 12.1 Å². The number of nitrogens with zero attached hydrogens (tertiary/aromatic N) is 1. The molecule has 0 saturated carbocycles. The minimum absolute atomic E-state index is 0.0106. The van der Waals surface area contributed by atoms with E-state index >= 15 is 0 Å². The highest BCUT2D eigenvalue weighted by Crippen LogP contribution is 2.35. The third-order valence-electron chi connectivity index (χ3n) is 5.86. The second-order valence-electron chi connectivity index (χ2n) is 7.69. The Bertz CT molecular complexity index is 1130. The molecule has 2 atom stereocenters. The van der Waals surface area contributed by atoms with Crippen LogP contribution in [0.1, 0.15) is 22.3 Å². The highest BCUT2D eigenvalue weighted by molar-refractivity contribution is 6.12. The molecule has 3 aromatic carbocycles. The normalized spacial score (nSPS) is 20.4. The second-order valence-corrected chi connectivity index (χ2v) is 7.69. The Balaban J connectivity index is 1.58. The largest absolute Gasteiger partial charge is 0.374 e. The molecule has 6 heteroatoms. The Kier molecular flexibility index (Phi) is 4.24. The average Bonchev–Trinajstić information content (AvgIpc) is 3.35. The molecular formula is C23H20F2N2O2. The topological polar surface area (TPSA) is 41.6 Å². The monoisotopic (exact) mass is 394 g/mol. The van der Waals surface area contributed by atoms with Gasteiger partial charge in [-0.3, -0.25) is 4.79 Å². The van der Waals surface area contributed by atoms with E-state index in [1.54, 1.807) is 12.1 Å². The molecule has 0 aromatic heterocycles. The van der Waals surface area contributed by atoms with Crippen LogP contribution in [0.2, 0.25) is 0 Å². The number of morpholine rings is 1. The number of likely N-dealkylation sites (tertiary alicyclic amines) is 1. The van der Waals surface area contributed by atoms with Gasteiger partial charge in [0, 0.05) is 23.2 Å². The van der Waals surface area contributed by atoms with Crippen LogP contribution in [-0.2, 0) is 4.74 Å². The Morgan fingerprint density at radius 2 is 1.93 bits per heavy atom. The van der Waals surface area contributed by atoms with Gasteiger partial charge in [0.25, 0.3) is 5.91 Å². The molecule has 2 fully saturated rings. The van der Waals surface area contributed by atoms with Gasteiger partial charge in [0.15, 0.2) is 11.6 Å². The maximum Gasteiger partial charge on any atom is 0.254 e. The zero-order chi connectivity index (χ0) is 20.1. The fraction of sp³-hybridized carbons (Fsp3) is 0.261. The number of anilines is 2. The summed E-state index contributed by atoms with van der Waals surface area (Å²) in [4.78, 5) is 15.2. The number of hydrogen-bond acceptors (Lipinski definition) is 3. The molecule has 5 rings (SSSR count).